The second-order valence-corrected chi connectivity index (χ2v) is 6.37. The first kappa shape index (κ1) is 16.1. The third kappa shape index (κ3) is 4.60. The van der Waals surface area contributed by atoms with Gasteiger partial charge < -0.3 is 9.64 Å². The van der Waals surface area contributed by atoms with Crippen LogP contribution in [0.2, 0.25) is 0 Å². The van der Waals surface area contributed by atoms with Crippen LogP contribution in [0.3, 0.4) is 0 Å². The molecular formula is C17H22BrNO2. The van der Waals surface area contributed by atoms with Crippen molar-refractivity contribution in [2.45, 2.75) is 26.7 Å². The van der Waals surface area contributed by atoms with Crippen molar-refractivity contribution in [3.63, 3.8) is 0 Å². The van der Waals surface area contributed by atoms with Crippen LogP contribution in [0.1, 0.15) is 32.3 Å². The zero-order chi connectivity index (χ0) is 15.2. The molecule has 0 atom stereocenters. The van der Waals surface area contributed by atoms with Gasteiger partial charge in [-0.15, -0.1) is 0 Å². The van der Waals surface area contributed by atoms with Crippen molar-refractivity contribution in [2.24, 2.45) is 5.92 Å². The molecule has 1 aromatic rings. The Morgan fingerprint density at radius 3 is 2.81 bits per heavy atom. The molecular weight excluding hydrogens is 330 g/mol. The fraction of sp³-hybridized carbons (Fsp3) is 0.471. The summed E-state index contributed by atoms with van der Waals surface area (Å²) in [6.07, 6.45) is 5.69. The third-order valence-corrected chi connectivity index (χ3v) is 4.27. The minimum absolute atomic E-state index is 0.0873. The zero-order valence-electron chi connectivity index (χ0n) is 12.6. The summed E-state index contributed by atoms with van der Waals surface area (Å²) in [6, 6.07) is 5.82. The molecule has 2 rings (SSSR count). The Bertz CT molecular complexity index is 520. The van der Waals surface area contributed by atoms with Gasteiger partial charge in [0, 0.05) is 29.2 Å². The summed E-state index contributed by atoms with van der Waals surface area (Å²) in [7, 11) is 0. The first-order valence-electron chi connectivity index (χ1n) is 7.49. The molecule has 1 saturated heterocycles. The number of carbonyl (C=O) groups is 1. The van der Waals surface area contributed by atoms with Gasteiger partial charge >= 0.3 is 0 Å². The second-order valence-electron chi connectivity index (χ2n) is 5.46. The number of amides is 1. The van der Waals surface area contributed by atoms with Gasteiger partial charge in [-0.2, -0.15) is 0 Å². The Balaban J connectivity index is 2.06. The molecule has 0 unspecified atom stereocenters. The van der Waals surface area contributed by atoms with Gasteiger partial charge in [0.05, 0.1) is 6.61 Å². The molecule has 0 radical (unpaired) electrons. The Morgan fingerprint density at radius 1 is 1.43 bits per heavy atom. The van der Waals surface area contributed by atoms with Crippen LogP contribution in [-0.4, -0.2) is 30.5 Å². The molecule has 1 aliphatic rings. The van der Waals surface area contributed by atoms with E-state index in [0.717, 1.165) is 47.6 Å². The van der Waals surface area contributed by atoms with Crippen LogP contribution in [0, 0.1) is 5.92 Å². The quantitative estimate of drug-likeness (QED) is 0.763. The summed E-state index contributed by atoms with van der Waals surface area (Å²) >= 11 is 3.45. The summed E-state index contributed by atoms with van der Waals surface area (Å²) in [4.78, 5) is 14.1. The summed E-state index contributed by atoms with van der Waals surface area (Å²) in [5.41, 5.74) is 0.921. The van der Waals surface area contributed by atoms with E-state index in [1.807, 2.05) is 36.1 Å². The van der Waals surface area contributed by atoms with Gasteiger partial charge in [-0.25, -0.2) is 0 Å². The van der Waals surface area contributed by atoms with Crippen molar-refractivity contribution in [1.82, 2.24) is 4.90 Å². The lowest BCUT2D eigenvalue weighted by atomic mass is 9.99. The standard InChI is InChI=1S/C17H22BrNO2/c1-3-21-16-6-5-15(18)12-14(16)4-7-17(20)19-10-8-13(2)9-11-19/h4-7,12-13H,3,8-11H2,1-2H3/b7-4+. The summed E-state index contributed by atoms with van der Waals surface area (Å²) in [5, 5.41) is 0. The first-order chi connectivity index (χ1) is 10.1. The smallest absolute Gasteiger partial charge is 0.246 e. The third-order valence-electron chi connectivity index (χ3n) is 3.77. The maximum absolute atomic E-state index is 12.2. The molecule has 0 saturated carbocycles. The van der Waals surface area contributed by atoms with Gasteiger partial charge in [-0.1, -0.05) is 22.9 Å². The van der Waals surface area contributed by atoms with E-state index in [4.69, 9.17) is 4.74 Å². The fourth-order valence-corrected chi connectivity index (χ4v) is 2.81. The van der Waals surface area contributed by atoms with Crippen molar-refractivity contribution in [3.05, 3.63) is 34.3 Å². The molecule has 0 bridgehead atoms. The average Bonchev–Trinajstić information content (AvgIpc) is 2.48. The minimum atomic E-state index is 0.0873. The van der Waals surface area contributed by atoms with Gasteiger partial charge in [0.15, 0.2) is 0 Å². The van der Waals surface area contributed by atoms with Crippen LogP contribution in [0.25, 0.3) is 6.08 Å². The number of benzene rings is 1. The largest absolute Gasteiger partial charge is 0.493 e. The van der Waals surface area contributed by atoms with Crippen LogP contribution in [-0.2, 0) is 4.79 Å². The number of likely N-dealkylation sites (tertiary alicyclic amines) is 1. The monoisotopic (exact) mass is 351 g/mol. The number of carbonyl (C=O) groups excluding carboxylic acids is 1. The average molecular weight is 352 g/mol. The van der Waals surface area contributed by atoms with Gasteiger partial charge in [0.1, 0.15) is 5.75 Å². The summed E-state index contributed by atoms with van der Waals surface area (Å²) in [6.45, 7) is 6.53. The Morgan fingerprint density at radius 2 is 2.14 bits per heavy atom. The van der Waals surface area contributed by atoms with E-state index in [0.29, 0.717) is 6.61 Å². The molecule has 3 nitrogen and oxygen atoms in total. The number of nitrogens with zero attached hydrogens (tertiary/aromatic N) is 1. The predicted octanol–water partition coefficient (Wildman–Crippen LogP) is 4.12. The highest BCUT2D eigenvalue weighted by molar-refractivity contribution is 9.10. The molecule has 0 N–H and O–H groups in total. The van der Waals surface area contributed by atoms with Crippen molar-refractivity contribution in [3.8, 4) is 5.75 Å². The number of hydrogen-bond donors (Lipinski definition) is 0. The van der Waals surface area contributed by atoms with E-state index in [1.54, 1.807) is 6.08 Å². The van der Waals surface area contributed by atoms with Crippen LogP contribution in [0.15, 0.2) is 28.7 Å². The van der Waals surface area contributed by atoms with Gasteiger partial charge in [0.2, 0.25) is 5.91 Å². The first-order valence-corrected chi connectivity index (χ1v) is 8.28. The topological polar surface area (TPSA) is 29.5 Å². The van der Waals surface area contributed by atoms with E-state index in [9.17, 15) is 4.79 Å². The molecule has 21 heavy (non-hydrogen) atoms. The number of piperidine rings is 1. The van der Waals surface area contributed by atoms with Crippen molar-refractivity contribution >= 4 is 27.9 Å². The fourth-order valence-electron chi connectivity index (χ4n) is 2.43. The lowest BCUT2D eigenvalue weighted by Gasteiger charge is -2.29. The number of halogens is 1. The summed E-state index contributed by atoms with van der Waals surface area (Å²) < 4.78 is 6.56. The van der Waals surface area contributed by atoms with E-state index >= 15 is 0 Å². The van der Waals surface area contributed by atoms with E-state index < -0.39 is 0 Å². The number of hydrogen-bond acceptors (Lipinski definition) is 2. The maximum atomic E-state index is 12.2. The van der Waals surface area contributed by atoms with Crippen molar-refractivity contribution < 1.29 is 9.53 Å². The number of ether oxygens (including phenoxy) is 1. The lowest BCUT2D eigenvalue weighted by Crippen LogP contribution is -2.36. The molecule has 0 aromatic heterocycles. The van der Waals surface area contributed by atoms with Gasteiger partial charge in [-0.3, -0.25) is 4.79 Å². The summed E-state index contributed by atoms with van der Waals surface area (Å²) in [5.74, 6) is 1.62. The molecule has 0 aliphatic carbocycles. The molecule has 1 aromatic carbocycles. The molecule has 1 heterocycles. The molecule has 1 amide bonds. The SMILES string of the molecule is CCOc1ccc(Br)cc1/C=C/C(=O)N1CCC(C)CC1. The second kappa shape index (κ2) is 7.64. The molecule has 4 heteroatoms. The van der Waals surface area contributed by atoms with E-state index in [1.165, 1.54) is 0 Å². The van der Waals surface area contributed by atoms with Gasteiger partial charge in [0.25, 0.3) is 0 Å². The number of rotatable bonds is 4. The molecule has 114 valence electrons. The van der Waals surface area contributed by atoms with Crippen LogP contribution >= 0.6 is 15.9 Å². The normalized spacial score (nSPS) is 16.4. The molecule has 0 spiro atoms. The Labute approximate surface area is 135 Å². The van der Waals surface area contributed by atoms with E-state index in [-0.39, 0.29) is 5.91 Å². The highest BCUT2D eigenvalue weighted by atomic mass is 79.9. The molecule has 1 fully saturated rings. The highest BCUT2D eigenvalue weighted by Crippen LogP contribution is 2.25. The minimum Gasteiger partial charge on any atom is -0.493 e. The van der Waals surface area contributed by atoms with E-state index in [2.05, 4.69) is 22.9 Å². The Hall–Kier alpha value is -1.29. The van der Waals surface area contributed by atoms with Crippen LogP contribution in [0.5, 0.6) is 5.75 Å². The zero-order valence-corrected chi connectivity index (χ0v) is 14.2. The van der Waals surface area contributed by atoms with Gasteiger partial charge in [-0.05, 0) is 50.0 Å². The molecule has 1 aliphatic heterocycles. The Kier molecular flexibility index (Phi) is 5.85. The highest BCUT2D eigenvalue weighted by Gasteiger charge is 2.18. The predicted molar refractivity (Wildman–Crippen MR) is 89.3 cm³/mol. The van der Waals surface area contributed by atoms with Crippen molar-refractivity contribution in [1.29, 1.82) is 0 Å². The van der Waals surface area contributed by atoms with Crippen molar-refractivity contribution in [2.75, 3.05) is 19.7 Å². The lowest BCUT2D eigenvalue weighted by molar-refractivity contribution is -0.127. The van der Waals surface area contributed by atoms with Crippen LogP contribution < -0.4 is 4.74 Å². The maximum Gasteiger partial charge on any atom is 0.246 e. The van der Waals surface area contributed by atoms with Crippen LogP contribution in [0.4, 0.5) is 0 Å².